The monoisotopic (exact) mass is 866 g/mol. The summed E-state index contributed by atoms with van der Waals surface area (Å²) < 4.78 is 37.5. The Morgan fingerprint density at radius 3 is 2.52 bits per heavy atom. The number of carbonyl (C=O) groups excluding carboxylic acids is 3. The fourth-order valence-electron chi connectivity index (χ4n) is 9.62. The summed E-state index contributed by atoms with van der Waals surface area (Å²) in [5.41, 5.74) is 1.63. The van der Waals surface area contributed by atoms with Gasteiger partial charge in [0, 0.05) is 78.0 Å². The minimum absolute atomic E-state index is 0.00590. The summed E-state index contributed by atoms with van der Waals surface area (Å²) in [4.78, 5) is 54.4. The number of likely N-dealkylation sites (tertiary alicyclic amines) is 1. The van der Waals surface area contributed by atoms with Crippen molar-refractivity contribution in [3.63, 3.8) is 0 Å². The second kappa shape index (κ2) is 15.5. The van der Waals surface area contributed by atoms with Crippen LogP contribution in [0.1, 0.15) is 93.6 Å². The molecule has 2 amide bonds. The van der Waals surface area contributed by atoms with Gasteiger partial charge in [-0.2, -0.15) is 5.26 Å². The van der Waals surface area contributed by atoms with Crippen LogP contribution in [0, 0.1) is 29.0 Å². The van der Waals surface area contributed by atoms with E-state index in [1.165, 1.54) is 14.0 Å². The van der Waals surface area contributed by atoms with Gasteiger partial charge in [-0.1, -0.05) is 35.3 Å². The Labute approximate surface area is 362 Å². The van der Waals surface area contributed by atoms with Crippen molar-refractivity contribution >= 4 is 62.8 Å². The molecule has 5 fully saturated rings. The minimum Gasteiger partial charge on any atom is -0.488 e. The maximum atomic E-state index is 17.6. The molecule has 2 aliphatic carbocycles. The van der Waals surface area contributed by atoms with Gasteiger partial charge in [0.15, 0.2) is 11.6 Å². The number of hydrogen-bond donors (Lipinski definition) is 0. The molecule has 61 heavy (non-hydrogen) atoms. The highest BCUT2D eigenvalue weighted by molar-refractivity contribution is 6.43. The maximum absolute atomic E-state index is 17.6. The molecule has 0 spiro atoms. The molecule has 5 aliphatic rings. The number of pyridine rings is 2. The van der Waals surface area contributed by atoms with Crippen molar-refractivity contribution in [1.29, 1.82) is 5.26 Å². The van der Waals surface area contributed by atoms with Crippen LogP contribution in [0.3, 0.4) is 0 Å². The zero-order chi connectivity index (χ0) is 43.1. The Morgan fingerprint density at radius 1 is 1.03 bits per heavy atom. The van der Waals surface area contributed by atoms with Crippen LogP contribution in [0.4, 0.5) is 9.18 Å². The second-order valence-corrected chi connectivity index (χ2v) is 18.4. The number of Topliss-reactive ketones (excluding diaryl/α,β-unsaturated/α-hetero) is 1. The Morgan fingerprint density at radius 2 is 1.82 bits per heavy atom. The van der Waals surface area contributed by atoms with E-state index in [1.807, 2.05) is 37.8 Å². The van der Waals surface area contributed by atoms with Crippen molar-refractivity contribution in [3.8, 4) is 28.8 Å². The topological polar surface area (TPSA) is 140 Å². The smallest absolute Gasteiger partial charge is 0.410 e. The number of methoxy groups -OCH3 is 1. The van der Waals surface area contributed by atoms with Gasteiger partial charge in [0.2, 0.25) is 11.8 Å². The number of hydrogen-bond acceptors (Lipinski definition) is 9. The van der Waals surface area contributed by atoms with Gasteiger partial charge < -0.3 is 28.6 Å². The lowest BCUT2D eigenvalue weighted by Crippen LogP contribution is -2.45. The minimum atomic E-state index is -0.717. The molecule has 10 rings (SSSR count). The lowest BCUT2D eigenvalue weighted by Gasteiger charge is -2.40. The van der Waals surface area contributed by atoms with E-state index in [4.69, 9.17) is 42.4 Å². The number of carbonyl (C=O) groups is 3. The Kier molecular flexibility index (Phi) is 10.4. The van der Waals surface area contributed by atoms with E-state index in [0.29, 0.717) is 58.6 Å². The highest BCUT2D eigenvalue weighted by Gasteiger charge is 2.57. The van der Waals surface area contributed by atoms with Crippen molar-refractivity contribution in [2.75, 3.05) is 20.2 Å². The highest BCUT2D eigenvalue weighted by atomic mass is 35.5. The summed E-state index contributed by atoms with van der Waals surface area (Å²) >= 11 is 13.2. The fraction of sp³-hybridized carbons (Fsp3) is 0.435. The molecule has 2 aromatic carbocycles. The average Bonchev–Trinajstić information content (AvgIpc) is 3.49. The van der Waals surface area contributed by atoms with Crippen molar-refractivity contribution in [1.82, 2.24) is 24.3 Å². The van der Waals surface area contributed by atoms with Gasteiger partial charge in [0.25, 0.3) is 0 Å². The van der Waals surface area contributed by atoms with Gasteiger partial charge in [-0.3, -0.25) is 9.59 Å². The largest absolute Gasteiger partial charge is 0.488 e. The third kappa shape index (κ3) is 7.21. The summed E-state index contributed by atoms with van der Waals surface area (Å²) in [7, 11) is 1.53. The van der Waals surface area contributed by atoms with Gasteiger partial charge in [-0.05, 0) is 76.3 Å². The first-order valence-electron chi connectivity index (χ1n) is 20.7. The van der Waals surface area contributed by atoms with E-state index in [2.05, 4.69) is 15.6 Å². The second-order valence-electron chi connectivity index (χ2n) is 17.6. The summed E-state index contributed by atoms with van der Waals surface area (Å²) in [5, 5.41) is 11.1. The van der Waals surface area contributed by atoms with Crippen LogP contribution >= 0.6 is 23.2 Å². The number of ketones is 1. The lowest BCUT2D eigenvalue weighted by atomic mass is 9.79. The molecule has 12 nitrogen and oxygen atoms in total. The lowest BCUT2D eigenvalue weighted by molar-refractivity contribution is -0.133. The third-order valence-electron chi connectivity index (χ3n) is 12.4. The number of nitriles is 1. The van der Waals surface area contributed by atoms with E-state index in [-0.39, 0.29) is 75.3 Å². The van der Waals surface area contributed by atoms with E-state index in [1.54, 1.807) is 41.4 Å². The van der Waals surface area contributed by atoms with Crippen LogP contribution in [0.2, 0.25) is 10.0 Å². The Hall–Kier alpha value is -5.45. The number of nitrogens with zero attached hydrogens (tertiary/aromatic N) is 6. The number of benzene rings is 2. The van der Waals surface area contributed by atoms with E-state index >= 15 is 4.39 Å². The fourth-order valence-corrected chi connectivity index (χ4v) is 10.0. The van der Waals surface area contributed by atoms with Crippen LogP contribution in [-0.4, -0.2) is 80.1 Å². The molecule has 0 unspecified atom stereocenters. The molecular formula is C46H45Cl2FN6O6. The zero-order valence-electron chi connectivity index (χ0n) is 34.5. The summed E-state index contributed by atoms with van der Waals surface area (Å²) in [6.45, 7) is 7.65. The molecule has 3 aliphatic heterocycles. The van der Waals surface area contributed by atoms with Crippen LogP contribution in [0.15, 0.2) is 48.7 Å². The number of aromatic nitrogens is 3. The number of amides is 2. The predicted octanol–water partition coefficient (Wildman–Crippen LogP) is 9.68. The summed E-state index contributed by atoms with van der Waals surface area (Å²) in [5.74, 6) is -0.218. The summed E-state index contributed by atoms with van der Waals surface area (Å²) in [6, 6.07) is 13.3. The molecule has 2 saturated carbocycles. The first kappa shape index (κ1) is 40.9. The van der Waals surface area contributed by atoms with Crippen LogP contribution in [0.5, 0.6) is 11.6 Å². The number of halogens is 3. The molecule has 6 heterocycles. The van der Waals surface area contributed by atoms with E-state index in [9.17, 15) is 19.6 Å². The van der Waals surface area contributed by atoms with Crippen LogP contribution in [-0.2, 0) is 16.0 Å². The predicted molar refractivity (Wildman–Crippen MR) is 227 cm³/mol. The molecule has 0 radical (unpaired) electrons. The van der Waals surface area contributed by atoms with Gasteiger partial charge in [0.1, 0.15) is 28.7 Å². The van der Waals surface area contributed by atoms with Gasteiger partial charge in [0.05, 0.1) is 53.4 Å². The molecule has 3 saturated heterocycles. The van der Waals surface area contributed by atoms with E-state index < -0.39 is 29.7 Å². The van der Waals surface area contributed by atoms with Crippen molar-refractivity contribution in [2.45, 2.75) is 96.1 Å². The van der Waals surface area contributed by atoms with Gasteiger partial charge in [-0.25, -0.2) is 19.2 Å². The van der Waals surface area contributed by atoms with Gasteiger partial charge >= 0.3 is 6.09 Å². The van der Waals surface area contributed by atoms with Crippen molar-refractivity contribution < 1.29 is 33.0 Å². The number of fused-ring (bicyclic) bond motifs is 4. The first-order chi connectivity index (χ1) is 29.2. The van der Waals surface area contributed by atoms with Crippen LogP contribution < -0.4 is 9.47 Å². The van der Waals surface area contributed by atoms with Crippen molar-refractivity contribution in [3.05, 3.63) is 81.5 Å². The zero-order valence-corrected chi connectivity index (χ0v) is 36.0. The van der Waals surface area contributed by atoms with Gasteiger partial charge in [-0.15, -0.1) is 0 Å². The molecule has 3 aromatic heterocycles. The van der Waals surface area contributed by atoms with E-state index in [0.717, 1.165) is 25.0 Å². The van der Waals surface area contributed by atoms with Crippen LogP contribution in [0.25, 0.3) is 32.9 Å². The SMILES string of the molecule is COc1cc(O[C@H]2C[C@H](c3cc4c(C(C)=O)nc5c(F)c(-c6cccc(Cl)c6Cl)c(CCC#N)cc5c4n3[C@H]3[C@@H]4C[C@H]3N(C(=O)OC(C)(C)C)C4)N(C(=O)C3CC3)C2)ccn1. The molecule has 316 valence electrons. The molecule has 0 N–H and O–H groups in total. The summed E-state index contributed by atoms with van der Waals surface area (Å²) in [6.07, 6.45) is 3.77. The highest BCUT2D eigenvalue weighted by Crippen LogP contribution is 2.55. The average molecular weight is 868 g/mol. The Bertz CT molecular complexity index is 2690. The third-order valence-corrected chi connectivity index (χ3v) is 13.2. The number of rotatable bonds is 10. The quantitative estimate of drug-likeness (QED) is 0.126. The normalized spacial score (nSPS) is 22.0. The molecule has 5 atom stereocenters. The standard InChI is InChI=1S/C46H45Cl2FN6O6/c1-23(56)40-31-20-34(33-18-28(22-53(33)44(57)24-11-12-24)60-27-13-15-51-36(19-27)59-5)55(42-26-17-35(42)54(21-26)45(58)61-46(2,3)4)43(31)30-16-25(8-7-14-50)37(39(49)41(30)52-40)29-9-6-10-32(47)38(29)48/h6,9-10,13,15-16,19-20,24,26,28,33,35,42H,7-8,11-12,17-18,21-22H2,1-5H3/t26-,28+,33-,35-,42+/m1/s1. The molecule has 15 heteroatoms. The molecule has 2 bridgehead atoms. The Balaban J connectivity index is 1.29. The first-order valence-corrected chi connectivity index (χ1v) is 21.4. The maximum Gasteiger partial charge on any atom is 0.410 e. The van der Waals surface area contributed by atoms with Crippen molar-refractivity contribution in [2.24, 2.45) is 11.8 Å². The molecule has 5 aromatic rings. The number of ether oxygens (including phenoxy) is 3. The number of aryl methyl sites for hydroxylation is 1. The molecular weight excluding hydrogens is 822 g/mol.